The minimum absolute atomic E-state index is 0. The predicted molar refractivity (Wildman–Crippen MR) is 148 cm³/mol. The molecule has 0 bridgehead atoms. The van der Waals surface area contributed by atoms with Gasteiger partial charge in [-0.2, -0.15) is 26.3 Å². The Balaban J connectivity index is 0.00000192. The molecule has 2 aromatic carbocycles. The number of hydrogen-bond acceptors (Lipinski definition) is 8. The number of nitrogens with zero attached hydrogens (tertiary/aromatic N) is 2. The first-order valence-corrected chi connectivity index (χ1v) is 13.6. The van der Waals surface area contributed by atoms with E-state index in [2.05, 4.69) is 9.98 Å². The molecular weight excluding hydrogens is 657 g/mol. The largest absolute Gasteiger partial charge is 2.00 e. The Morgan fingerprint density at radius 3 is 1.29 bits per heavy atom. The van der Waals surface area contributed by atoms with Crippen LogP contribution in [0.25, 0.3) is 0 Å². The van der Waals surface area contributed by atoms with Gasteiger partial charge in [0.25, 0.3) is 0 Å². The molecule has 1 saturated carbocycles. The molecule has 0 spiro atoms. The number of aliphatic carboxylic acids is 2. The molecule has 2 unspecified atom stereocenters. The zero-order valence-corrected chi connectivity index (χ0v) is 25.9. The number of carbonyl (C=O) groups is 2. The summed E-state index contributed by atoms with van der Waals surface area (Å²) in [6, 6.07) is 2.62. The van der Waals surface area contributed by atoms with Crippen molar-refractivity contribution in [1.82, 2.24) is 0 Å². The van der Waals surface area contributed by atoms with E-state index < -0.39 is 47.5 Å². The first-order chi connectivity index (χ1) is 20.3. The standard InChI is InChI=1S/C26H28F6N2O2.2C2H4O2.Co/c1-3-15-9-19(25(27,28)29)11-17(23(15)35)13-33-21-7-5-6-8-22(21)34-14-18-12-20(26(30,31)32)10-16(4-2)24(18)36;2*1-2(3)4;/h9-14,21-22,35-36H,3-8H2,1-2H3;2*1H3,(H,3,4);/q;;;+2/p-2. The second kappa shape index (κ2) is 18.4. The van der Waals surface area contributed by atoms with E-state index in [0.717, 1.165) is 51.0 Å². The molecule has 0 heterocycles. The maximum Gasteiger partial charge on any atom is 2.00 e. The fraction of sp³-hybridized carbons (Fsp3) is 0.467. The van der Waals surface area contributed by atoms with Crippen LogP contribution in [0.4, 0.5) is 26.3 Å². The van der Waals surface area contributed by atoms with Gasteiger partial charge in [-0.05, 0) is 74.9 Å². The second-order valence-corrected chi connectivity index (χ2v) is 9.81. The van der Waals surface area contributed by atoms with Gasteiger partial charge in [-0.15, -0.1) is 0 Å². The quantitative estimate of drug-likeness (QED) is 0.334. The number of phenolic OH excluding ortho intramolecular Hbond substituents is 2. The van der Waals surface area contributed by atoms with Crippen LogP contribution in [0.2, 0.25) is 0 Å². The number of carboxylic acids is 2. The van der Waals surface area contributed by atoms with Crippen LogP contribution in [0.15, 0.2) is 34.3 Å². The number of halogens is 6. The molecule has 0 aliphatic heterocycles. The van der Waals surface area contributed by atoms with Crippen molar-refractivity contribution in [2.75, 3.05) is 0 Å². The van der Waals surface area contributed by atoms with E-state index in [1.807, 2.05) is 0 Å². The Bertz CT molecular complexity index is 1240. The van der Waals surface area contributed by atoms with Gasteiger partial charge in [0.1, 0.15) is 11.5 Å². The molecular formula is C30H34CoF6N2O6. The van der Waals surface area contributed by atoms with E-state index >= 15 is 0 Å². The SMILES string of the molecule is CC(=O)[O-].CC(=O)[O-].CCc1cc(C(F)(F)F)cc(C=NC2CCCCC2N=Cc2cc(C(F)(F)F)cc(CC)c2O)c1O.[Co+2]. The second-order valence-electron chi connectivity index (χ2n) is 9.81. The average molecular weight is 692 g/mol. The van der Waals surface area contributed by atoms with Crippen LogP contribution in [-0.2, 0) is 51.6 Å². The maximum atomic E-state index is 13.3. The molecule has 1 fully saturated rings. The first kappa shape index (κ1) is 41.4. The molecule has 1 radical (unpaired) electrons. The fourth-order valence-corrected chi connectivity index (χ4v) is 4.29. The molecule has 3 rings (SSSR count). The third-order valence-electron chi connectivity index (χ3n) is 6.36. The zero-order valence-electron chi connectivity index (χ0n) is 24.9. The summed E-state index contributed by atoms with van der Waals surface area (Å²) in [5.41, 5.74) is -1.59. The number of alkyl halides is 6. The molecule has 1 aliphatic rings. The number of aliphatic imine (C=N–C) groups is 2. The van der Waals surface area contributed by atoms with Crippen molar-refractivity contribution >= 4 is 24.4 Å². The molecule has 1 aliphatic carbocycles. The molecule has 2 N–H and O–H groups in total. The van der Waals surface area contributed by atoms with E-state index in [4.69, 9.17) is 19.8 Å². The summed E-state index contributed by atoms with van der Waals surface area (Å²) in [4.78, 5) is 26.6. The number of carbonyl (C=O) groups excluding carboxylic acids is 2. The smallest absolute Gasteiger partial charge is 0.550 e. The number of benzene rings is 2. The summed E-state index contributed by atoms with van der Waals surface area (Å²) in [6.45, 7) is 5.21. The summed E-state index contributed by atoms with van der Waals surface area (Å²) in [5, 5.41) is 38.6. The molecule has 251 valence electrons. The molecule has 0 amide bonds. The van der Waals surface area contributed by atoms with Crippen molar-refractivity contribution in [3.05, 3.63) is 57.6 Å². The average Bonchev–Trinajstić information content (AvgIpc) is 2.90. The Kier molecular flexibility index (Phi) is 16.9. The number of phenols is 2. The summed E-state index contributed by atoms with van der Waals surface area (Å²) in [6.07, 6.45) is -3.58. The molecule has 0 saturated heterocycles. The fourth-order valence-electron chi connectivity index (χ4n) is 4.29. The van der Waals surface area contributed by atoms with Gasteiger partial charge in [-0.25, -0.2) is 0 Å². The summed E-state index contributed by atoms with van der Waals surface area (Å²) < 4.78 is 79.7. The summed E-state index contributed by atoms with van der Waals surface area (Å²) >= 11 is 0. The molecule has 0 aromatic heterocycles. The van der Waals surface area contributed by atoms with Crippen molar-refractivity contribution in [3.8, 4) is 11.5 Å². The van der Waals surface area contributed by atoms with Crippen molar-refractivity contribution in [2.45, 2.75) is 90.7 Å². The zero-order chi connectivity index (χ0) is 33.8. The van der Waals surface area contributed by atoms with Gasteiger partial charge < -0.3 is 30.0 Å². The van der Waals surface area contributed by atoms with Crippen LogP contribution in [0.1, 0.15) is 86.8 Å². The van der Waals surface area contributed by atoms with Crippen LogP contribution < -0.4 is 10.2 Å². The third kappa shape index (κ3) is 13.9. The van der Waals surface area contributed by atoms with Crippen LogP contribution in [0.3, 0.4) is 0 Å². The van der Waals surface area contributed by atoms with E-state index in [-0.39, 0.29) is 63.4 Å². The Hall–Kier alpha value is -3.59. The van der Waals surface area contributed by atoms with E-state index in [1.54, 1.807) is 13.8 Å². The molecule has 15 heteroatoms. The van der Waals surface area contributed by atoms with Gasteiger partial charge >= 0.3 is 29.1 Å². The summed E-state index contributed by atoms with van der Waals surface area (Å²) in [7, 11) is 0. The molecule has 2 aromatic rings. The topological polar surface area (TPSA) is 145 Å². The van der Waals surface area contributed by atoms with Crippen molar-refractivity contribution in [2.24, 2.45) is 9.98 Å². The van der Waals surface area contributed by atoms with E-state index in [0.29, 0.717) is 12.8 Å². The van der Waals surface area contributed by atoms with Gasteiger partial charge in [0.05, 0.1) is 23.2 Å². The van der Waals surface area contributed by atoms with Gasteiger partial charge in [0.2, 0.25) is 0 Å². The minimum Gasteiger partial charge on any atom is -0.550 e. The number of aryl methyl sites for hydroxylation is 2. The van der Waals surface area contributed by atoms with Crippen molar-refractivity contribution in [3.63, 3.8) is 0 Å². The van der Waals surface area contributed by atoms with Gasteiger partial charge in [-0.1, -0.05) is 26.7 Å². The Labute approximate surface area is 267 Å². The monoisotopic (exact) mass is 691 g/mol. The van der Waals surface area contributed by atoms with Gasteiger partial charge in [0.15, 0.2) is 0 Å². The van der Waals surface area contributed by atoms with Crippen LogP contribution >= 0.6 is 0 Å². The van der Waals surface area contributed by atoms with Crippen LogP contribution in [0, 0.1) is 0 Å². The normalized spacial score (nSPS) is 16.7. The molecule has 45 heavy (non-hydrogen) atoms. The van der Waals surface area contributed by atoms with E-state index in [1.165, 1.54) is 12.4 Å². The van der Waals surface area contributed by atoms with Crippen molar-refractivity contribution < 1.29 is 73.1 Å². The van der Waals surface area contributed by atoms with Crippen LogP contribution in [0.5, 0.6) is 11.5 Å². The van der Waals surface area contributed by atoms with Gasteiger partial charge in [-0.3, -0.25) is 9.98 Å². The first-order valence-electron chi connectivity index (χ1n) is 13.6. The Morgan fingerprint density at radius 1 is 0.756 bits per heavy atom. The maximum absolute atomic E-state index is 13.3. The van der Waals surface area contributed by atoms with Crippen LogP contribution in [-0.4, -0.2) is 46.7 Å². The third-order valence-corrected chi connectivity index (χ3v) is 6.36. The summed E-state index contributed by atoms with van der Waals surface area (Å²) in [5.74, 6) is -2.71. The van der Waals surface area contributed by atoms with Crippen molar-refractivity contribution in [1.29, 1.82) is 0 Å². The predicted octanol–water partition coefficient (Wildman–Crippen LogP) is 4.62. The minimum atomic E-state index is -4.58. The molecule has 8 nitrogen and oxygen atoms in total. The number of hydrogen-bond donors (Lipinski definition) is 2. The molecule has 2 atom stereocenters. The number of carboxylic acid groups (broad SMARTS) is 2. The number of rotatable bonds is 6. The van der Waals surface area contributed by atoms with E-state index in [9.17, 15) is 36.6 Å². The Morgan fingerprint density at radius 2 is 1.04 bits per heavy atom. The van der Waals surface area contributed by atoms with Gasteiger partial charge in [0, 0.05) is 35.5 Å². The number of aromatic hydroxyl groups is 2.